The van der Waals surface area contributed by atoms with Crippen LogP contribution in [0.4, 0.5) is 10.5 Å². The quantitative estimate of drug-likeness (QED) is 0.762. The van der Waals surface area contributed by atoms with Crippen LogP contribution in [-0.2, 0) is 35.7 Å². The third-order valence-electron chi connectivity index (χ3n) is 6.25. The molecule has 0 fully saturated rings. The number of nitrogens with two attached hydrogens (primary N) is 1. The van der Waals surface area contributed by atoms with Gasteiger partial charge in [-0.15, -0.1) is 4.36 Å². The normalized spacial score (nSPS) is 22.6. The number of carbonyl (C=O) groups excluding carboxylic acids is 1. The zero-order valence-electron chi connectivity index (χ0n) is 17.5. The van der Waals surface area contributed by atoms with Crippen LogP contribution >= 0.6 is 0 Å². The highest BCUT2D eigenvalue weighted by atomic mass is 32.2. The van der Waals surface area contributed by atoms with Gasteiger partial charge in [0.2, 0.25) is 5.88 Å². The number of fused-ring (bicyclic) bond motifs is 3. The van der Waals surface area contributed by atoms with E-state index in [0.29, 0.717) is 24.9 Å². The van der Waals surface area contributed by atoms with Gasteiger partial charge < -0.3 is 10.1 Å². The van der Waals surface area contributed by atoms with E-state index in [9.17, 15) is 9.00 Å². The second-order valence-electron chi connectivity index (χ2n) is 9.44. The summed E-state index contributed by atoms with van der Waals surface area (Å²) in [5.74, 6) is 0.722. The SMILES string of the molecule is C[C@@H]1Cc2cc3c(c(NC(=O)N=[S@@](N)(=O)c4cnn5c4OCC(C)(C)C5)c21)CCC3. The van der Waals surface area contributed by atoms with Crippen LogP contribution < -0.4 is 15.2 Å². The maximum Gasteiger partial charge on any atom is 0.354 e. The highest BCUT2D eigenvalue weighted by Gasteiger charge is 2.33. The Morgan fingerprint density at radius 2 is 2.20 bits per heavy atom. The fourth-order valence-electron chi connectivity index (χ4n) is 4.83. The molecule has 0 saturated heterocycles. The number of hydrogen-bond donors (Lipinski definition) is 2. The molecule has 1 aliphatic heterocycles. The number of aromatic nitrogens is 2. The number of aryl methyl sites for hydroxylation is 1. The van der Waals surface area contributed by atoms with E-state index in [1.165, 1.54) is 28.5 Å². The second-order valence-corrected chi connectivity index (χ2v) is 11.2. The number of amides is 2. The van der Waals surface area contributed by atoms with E-state index in [2.05, 4.69) is 41.6 Å². The Labute approximate surface area is 176 Å². The van der Waals surface area contributed by atoms with Crippen LogP contribution in [0.3, 0.4) is 0 Å². The van der Waals surface area contributed by atoms with Crippen LogP contribution in [0.5, 0.6) is 5.88 Å². The van der Waals surface area contributed by atoms with Gasteiger partial charge in [-0.05, 0) is 53.9 Å². The van der Waals surface area contributed by atoms with Crippen LogP contribution in [0.1, 0.15) is 55.4 Å². The maximum atomic E-state index is 13.2. The van der Waals surface area contributed by atoms with Crippen LogP contribution in [0, 0.1) is 5.41 Å². The lowest BCUT2D eigenvalue weighted by Crippen LogP contribution is -2.33. The largest absolute Gasteiger partial charge is 0.476 e. The van der Waals surface area contributed by atoms with Gasteiger partial charge in [0.25, 0.3) is 0 Å². The van der Waals surface area contributed by atoms with E-state index in [0.717, 1.165) is 31.4 Å². The van der Waals surface area contributed by atoms with Gasteiger partial charge in [0.05, 0.1) is 19.3 Å². The summed E-state index contributed by atoms with van der Waals surface area (Å²) in [6.07, 6.45) is 5.46. The van der Waals surface area contributed by atoms with Crippen molar-refractivity contribution in [3.05, 3.63) is 34.5 Å². The minimum absolute atomic E-state index is 0.0907. The number of rotatable bonds is 2. The standard InChI is InChI=1S/C21H27N5O3S/c1-12-7-14-8-13-5-4-6-15(13)18(17(12)14)24-20(27)25-30(22,28)16-9-23-26-10-21(2,3)11-29-19(16)26/h8-9,12H,4-7,10-11H2,1-3H3,(H3,22,24,25,27,28)/t12-,30-/m1/s1. The molecule has 2 aromatic rings. The third-order valence-corrected chi connectivity index (χ3v) is 7.59. The van der Waals surface area contributed by atoms with Crippen molar-refractivity contribution in [2.24, 2.45) is 14.9 Å². The number of carbonyl (C=O) groups is 1. The molecule has 2 aliphatic carbocycles. The number of urea groups is 1. The second kappa shape index (κ2) is 6.55. The Kier molecular flexibility index (Phi) is 4.27. The average molecular weight is 430 g/mol. The van der Waals surface area contributed by atoms with Crippen LogP contribution in [-0.4, -0.2) is 26.6 Å². The minimum atomic E-state index is -3.49. The predicted octanol–water partition coefficient (Wildman–Crippen LogP) is 3.38. The van der Waals surface area contributed by atoms with Gasteiger partial charge in [-0.2, -0.15) is 5.10 Å². The molecule has 9 heteroatoms. The van der Waals surface area contributed by atoms with E-state index in [4.69, 9.17) is 9.88 Å². The molecule has 0 radical (unpaired) electrons. The molecule has 2 heterocycles. The molecule has 1 aromatic carbocycles. The summed E-state index contributed by atoms with van der Waals surface area (Å²) < 4.78 is 24.4. The summed E-state index contributed by atoms with van der Waals surface area (Å²) in [6.45, 7) is 7.34. The molecule has 8 nitrogen and oxygen atoms in total. The Morgan fingerprint density at radius 3 is 2.97 bits per heavy atom. The fourth-order valence-corrected chi connectivity index (χ4v) is 5.83. The summed E-state index contributed by atoms with van der Waals surface area (Å²) in [4.78, 5) is 12.9. The molecule has 3 aliphatic rings. The van der Waals surface area contributed by atoms with E-state index < -0.39 is 15.9 Å². The molecule has 3 N–H and O–H groups in total. The van der Waals surface area contributed by atoms with Gasteiger partial charge in [0.15, 0.2) is 9.92 Å². The van der Waals surface area contributed by atoms with E-state index in [1.54, 1.807) is 4.68 Å². The fraction of sp³-hybridized carbons (Fsp3) is 0.524. The molecular formula is C21H27N5O3S. The van der Waals surface area contributed by atoms with E-state index in [1.807, 2.05) is 0 Å². The molecule has 1 aromatic heterocycles. The third kappa shape index (κ3) is 3.11. The van der Waals surface area contributed by atoms with Crippen molar-refractivity contribution in [1.82, 2.24) is 9.78 Å². The van der Waals surface area contributed by atoms with Gasteiger partial charge >= 0.3 is 6.03 Å². The Morgan fingerprint density at radius 1 is 1.40 bits per heavy atom. The summed E-state index contributed by atoms with van der Waals surface area (Å²) in [5, 5.41) is 13.2. The van der Waals surface area contributed by atoms with Crippen molar-refractivity contribution in [2.45, 2.75) is 63.8 Å². The molecule has 0 saturated carbocycles. The summed E-state index contributed by atoms with van der Waals surface area (Å²) in [5.41, 5.74) is 5.70. The molecule has 2 amide bonds. The van der Waals surface area contributed by atoms with Crippen LogP contribution in [0.25, 0.3) is 0 Å². The first-order chi connectivity index (χ1) is 14.1. The minimum Gasteiger partial charge on any atom is -0.476 e. The first-order valence-electron chi connectivity index (χ1n) is 10.4. The highest BCUT2D eigenvalue weighted by molar-refractivity contribution is 7.91. The van der Waals surface area contributed by atoms with Crippen molar-refractivity contribution >= 4 is 21.6 Å². The molecule has 30 heavy (non-hydrogen) atoms. The lowest BCUT2D eigenvalue weighted by atomic mass is 9.75. The lowest BCUT2D eigenvalue weighted by molar-refractivity contribution is 0.0972. The Bertz CT molecular complexity index is 1190. The number of anilines is 1. The van der Waals surface area contributed by atoms with Gasteiger partial charge in [-0.1, -0.05) is 26.8 Å². The van der Waals surface area contributed by atoms with Crippen molar-refractivity contribution in [1.29, 1.82) is 0 Å². The zero-order valence-corrected chi connectivity index (χ0v) is 18.3. The van der Waals surface area contributed by atoms with Crippen molar-refractivity contribution in [3.63, 3.8) is 0 Å². The smallest absolute Gasteiger partial charge is 0.354 e. The van der Waals surface area contributed by atoms with E-state index >= 15 is 0 Å². The predicted molar refractivity (Wildman–Crippen MR) is 114 cm³/mol. The first-order valence-corrected chi connectivity index (χ1v) is 11.9. The van der Waals surface area contributed by atoms with Crippen LogP contribution in [0.15, 0.2) is 21.5 Å². The molecule has 2 atom stereocenters. The van der Waals surface area contributed by atoms with Crippen molar-refractivity contribution < 1.29 is 13.7 Å². The van der Waals surface area contributed by atoms with Crippen molar-refractivity contribution in [3.8, 4) is 5.88 Å². The Hall–Kier alpha value is -2.39. The molecule has 160 valence electrons. The lowest BCUT2D eigenvalue weighted by Gasteiger charge is -2.32. The molecule has 0 spiro atoms. The summed E-state index contributed by atoms with van der Waals surface area (Å²) in [6, 6.07) is 1.58. The number of hydrogen-bond acceptors (Lipinski definition) is 4. The highest BCUT2D eigenvalue weighted by Crippen LogP contribution is 2.45. The Balaban J connectivity index is 1.47. The zero-order chi connectivity index (χ0) is 21.3. The van der Waals surface area contributed by atoms with Gasteiger partial charge in [-0.3, -0.25) is 0 Å². The summed E-state index contributed by atoms with van der Waals surface area (Å²) >= 11 is 0. The summed E-state index contributed by atoms with van der Waals surface area (Å²) in [7, 11) is -3.49. The molecule has 0 bridgehead atoms. The average Bonchev–Trinajstić information content (AvgIpc) is 3.25. The topological polar surface area (TPSA) is 112 Å². The van der Waals surface area contributed by atoms with Crippen molar-refractivity contribution in [2.75, 3.05) is 11.9 Å². The molecule has 5 rings (SSSR count). The maximum absolute atomic E-state index is 13.2. The van der Waals surface area contributed by atoms with Gasteiger partial charge in [0.1, 0.15) is 4.90 Å². The monoisotopic (exact) mass is 429 g/mol. The number of nitrogens with zero attached hydrogens (tertiary/aromatic N) is 3. The van der Waals surface area contributed by atoms with Gasteiger partial charge in [0, 0.05) is 11.1 Å². The molecular weight excluding hydrogens is 402 g/mol. The number of ether oxygens (including phenoxy) is 1. The molecule has 0 unspecified atom stereocenters. The first kappa shape index (κ1) is 19.6. The van der Waals surface area contributed by atoms with Gasteiger partial charge in [-0.25, -0.2) is 18.8 Å². The number of nitrogens with one attached hydrogen (secondary N) is 1. The van der Waals surface area contributed by atoms with Crippen LogP contribution in [0.2, 0.25) is 0 Å². The number of benzene rings is 1. The van der Waals surface area contributed by atoms with E-state index in [-0.39, 0.29) is 10.3 Å².